The smallest absolute Gasteiger partial charge is 0.323 e. The molecule has 0 saturated carbocycles. The molecule has 0 atom stereocenters. The van der Waals surface area contributed by atoms with E-state index >= 15 is 0 Å². The number of benzene rings is 1. The van der Waals surface area contributed by atoms with E-state index in [-0.39, 0.29) is 11.7 Å². The molecule has 0 spiro atoms. The first-order valence-corrected chi connectivity index (χ1v) is 5.72. The number of halogens is 2. The molecule has 0 saturated heterocycles. The molecule has 1 aromatic heterocycles. The van der Waals surface area contributed by atoms with Gasteiger partial charge in [-0.2, -0.15) is 10.2 Å². The molecule has 4 nitrogen and oxygen atoms in total. The highest BCUT2D eigenvalue weighted by Gasteiger charge is 2.06. The minimum atomic E-state index is 0.0910. The maximum absolute atomic E-state index is 8.69. The van der Waals surface area contributed by atoms with Crippen LogP contribution in [0, 0.1) is 11.3 Å². The van der Waals surface area contributed by atoms with Gasteiger partial charge in [0, 0.05) is 10.7 Å². The number of nitrogens with zero attached hydrogens (tertiary/aromatic N) is 3. The quantitative estimate of drug-likeness (QED) is 0.851. The van der Waals surface area contributed by atoms with Gasteiger partial charge in [-0.15, -0.1) is 0 Å². The van der Waals surface area contributed by atoms with Crippen LogP contribution in [0.3, 0.4) is 0 Å². The maximum Gasteiger partial charge on any atom is 0.323 e. The number of ether oxygens (including phenoxy) is 1. The lowest BCUT2D eigenvalue weighted by molar-refractivity contribution is 0.441. The Kier molecular flexibility index (Phi) is 3.57. The summed E-state index contributed by atoms with van der Waals surface area (Å²) in [5.41, 5.74) is 0.239. The molecule has 0 bridgehead atoms. The van der Waals surface area contributed by atoms with Gasteiger partial charge < -0.3 is 4.74 Å². The SMILES string of the molecule is N#Cc1ccnc(Oc2ccc(Br)cc2Cl)n1. The van der Waals surface area contributed by atoms with Gasteiger partial charge in [0.2, 0.25) is 0 Å². The Bertz CT molecular complexity index is 598. The van der Waals surface area contributed by atoms with E-state index in [0.29, 0.717) is 10.8 Å². The van der Waals surface area contributed by atoms with Crippen molar-refractivity contribution in [2.24, 2.45) is 0 Å². The summed E-state index contributed by atoms with van der Waals surface area (Å²) >= 11 is 9.27. The van der Waals surface area contributed by atoms with Crippen molar-refractivity contribution >= 4 is 27.5 Å². The zero-order valence-corrected chi connectivity index (χ0v) is 10.7. The Morgan fingerprint density at radius 3 is 2.88 bits per heavy atom. The van der Waals surface area contributed by atoms with Crippen molar-refractivity contribution in [3.8, 4) is 17.8 Å². The third kappa shape index (κ3) is 2.93. The molecular weight excluding hydrogens is 305 g/mol. The normalized spacial score (nSPS) is 9.71. The van der Waals surface area contributed by atoms with E-state index in [1.165, 1.54) is 12.3 Å². The first-order valence-electron chi connectivity index (χ1n) is 4.55. The zero-order chi connectivity index (χ0) is 12.3. The number of hydrogen-bond acceptors (Lipinski definition) is 4. The summed E-state index contributed by atoms with van der Waals surface area (Å²) in [6, 6.07) is 8.67. The van der Waals surface area contributed by atoms with Gasteiger partial charge in [-0.1, -0.05) is 27.5 Å². The summed E-state index contributed by atoms with van der Waals surface area (Å²) < 4.78 is 6.23. The Labute approximate surface area is 111 Å². The topological polar surface area (TPSA) is 58.8 Å². The van der Waals surface area contributed by atoms with Crippen molar-refractivity contribution in [2.45, 2.75) is 0 Å². The molecule has 0 aliphatic carbocycles. The highest BCUT2D eigenvalue weighted by molar-refractivity contribution is 9.10. The highest BCUT2D eigenvalue weighted by atomic mass is 79.9. The second-order valence-electron chi connectivity index (χ2n) is 3.01. The van der Waals surface area contributed by atoms with Crippen LogP contribution < -0.4 is 4.74 Å². The van der Waals surface area contributed by atoms with Crippen LogP contribution in [0.15, 0.2) is 34.9 Å². The van der Waals surface area contributed by atoms with Gasteiger partial charge in [-0.3, -0.25) is 0 Å². The first kappa shape index (κ1) is 11.8. The van der Waals surface area contributed by atoms with Crippen LogP contribution in [0.2, 0.25) is 5.02 Å². The molecule has 0 aliphatic rings. The number of nitriles is 1. The fraction of sp³-hybridized carbons (Fsp3) is 0. The molecule has 0 unspecified atom stereocenters. The molecule has 0 radical (unpaired) electrons. The molecule has 17 heavy (non-hydrogen) atoms. The van der Waals surface area contributed by atoms with Gasteiger partial charge in [-0.05, 0) is 24.3 Å². The van der Waals surface area contributed by atoms with Crippen molar-refractivity contribution in [1.82, 2.24) is 9.97 Å². The van der Waals surface area contributed by atoms with E-state index in [9.17, 15) is 0 Å². The molecule has 84 valence electrons. The molecule has 1 heterocycles. The van der Waals surface area contributed by atoms with Gasteiger partial charge in [0.25, 0.3) is 0 Å². The largest absolute Gasteiger partial charge is 0.423 e. The molecule has 0 N–H and O–H groups in total. The summed E-state index contributed by atoms with van der Waals surface area (Å²) in [6.45, 7) is 0. The number of aromatic nitrogens is 2. The second kappa shape index (κ2) is 5.13. The number of rotatable bonds is 2. The molecule has 6 heteroatoms. The third-order valence-electron chi connectivity index (χ3n) is 1.84. The molecule has 2 aromatic rings. The first-order chi connectivity index (χ1) is 8.19. The van der Waals surface area contributed by atoms with Crippen molar-refractivity contribution in [2.75, 3.05) is 0 Å². The van der Waals surface area contributed by atoms with Crippen LogP contribution in [0.1, 0.15) is 5.69 Å². The van der Waals surface area contributed by atoms with E-state index in [2.05, 4.69) is 25.9 Å². The van der Waals surface area contributed by atoms with E-state index in [1.54, 1.807) is 18.2 Å². The molecule has 0 fully saturated rings. The second-order valence-corrected chi connectivity index (χ2v) is 4.34. The Hall–Kier alpha value is -1.64. The molecule has 1 aromatic carbocycles. The van der Waals surface area contributed by atoms with Gasteiger partial charge in [-0.25, -0.2) is 4.98 Å². The Morgan fingerprint density at radius 1 is 1.35 bits per heavy atom. The minimum absolute atomic E-state index is 0.0910. The van der Waals surface area contributed by atoms with Crippen LogP contribution in [-0.4, -0.2) is 9.97 Å². The average molecular weight is 311 g/mol. The van der Waals surface area contributed by atoms with E-state index in [1.807, 2.05) is 6.07 Å². The zero-order valence-electron chi connectivity index (χ0n) is 8.39. The van der Waals surface area contributed by atoms with E-state index in [0.717, 1.165) is 4.47 Å². The molecular formula is C11H5BrClN3O. The van der Waals surface area contributed by atoms with Crippen molar-refractivity contribution < 1.29 is 4.74 Å². The fourth-order valence-corrected chi connectivity index (χ4v) is 1.82. The maximum atomic E-state index is 8.69. The van der Waals surface area contributed by atoms with E-state index in [4.69, 9.17) is 21.6 Å². The van der Waals surface area contributed by atoms with Crippen molar-refractivity contribution in [1.29, 1.82) is 5.26 Å². The Balaban J connectivity index is 2.28. The predicted molar refractivity (Wildman–Crippen MR) is 66.0 cm³/mol. The van der Waals surface area contributed by atoms with Crippen LogP contribution >= 0.6 is 27.5 Å². The van der Waals surface area contributed by atoms with E-state index < -0.39 is 0 Å². The summed E-state index contributed by atoms with van der Waals surface area (Å²) in [4.78, 5) is 7.78. The van der Waals surface area contributed by atoms with Gasteiger partial charge >= 0.3 is 6.01 Å². The van der Waals surface area contributed by atoms with Gasteiger partial charge in [0.15, 0.2) is 0 Å². The third-order valence-corrected chi connectivity index (χ3v) is 2.63. The lowest BCUT2D eigenvalue weighted by Crippen LogP contribution is -1.93. The number of hydrogen-bond donors (Lipinski definition) is 0. The van der Waals surface area contributed by atoms with Crippen LogP contribution in [0.4, 0.5) is 0 Å². The lowest BCUT2D eigenvalue weighted by Gasteiger charge is -2.05. The average Bonchev–Trinajstić information content (AvgIpc) is 2.33. The van der Waals surface area contributed by atoms with Crippen molar-refractivity contribution in [3.05, 3.63) is 45.7 Å². The van der Waals surface area contributed by atoms with Crippen LogP contribution in [0.25, 0.3) is 0 Å². The molecule has 2 rings (SSSR count). The Morgan fingerprint density at radius 2 is 2.18 bits per heavy atom. The van der Waals surface area contributed by atoms with Crippen LogP contribution in [0.5, 0.6) is 11.8 Å². The highest BCUT2D eigenvalue weighted by Crippen LogP contribution is 2.30. The monoisotopic (exact) mass is 309 g/mol. The van der Waals surface area contributed by atoms with Crippen molar-refractivity contribution in [3.63, 3.8) is 0 Å². The van der Waals surface area contributed by atoms with Crippen LogP contribution in [-0.2, 0) is 0 Å². The predicted octanol–water partition coefficient (Wildman–Crippen LogP) is 3.56. The van der Waals surface area contributed by atoms with Gasteiger partial charge in [0.05, 0.1) is 5.02 Å². The molecule has 0 amide bonds. The van der Waals surface area contributed by atoms with Gasteiger partial charge in [0.1, 0.15) is 17.5 Å². The fourth-order valence-electron chi connectivity index (χ4n) is 1.11. The molecule has 0 aliphatic heterocycles. The minimum Gasteiger partial charge on any atom is -0.423 e. The lowest BCUT2D eigenvalue weighted by atomic mass is 10.3. The summed E-state index contributed by atoms with van der Waals surface area (Å²) in [7, 11) is 0. The summed E-state index contributed by atoms with van der Waals surface area (Å²) in [5.74, 6) is 0.435. The standard InChI is InChI=1S/C11H5BrClN3O/c12-7-1-2-10(9(13)5-7)17-11-15-4-3-8(6-14)16-11/h1-5H. The summed E-state index contributed by atoms with van der Waals surface area (Å²) in [5, 5.41) is 9.13. The summed E-state index contributed by atoms with van der Waals surface area (Å²) in [6.07, 6.45) is 1.45.